The molecule has 0 rings (SSSR count). The van der Waals surface area contributed by atoms with Crippen LogP contribution in [-0.4, -0.2) is 61.2 Å². The lowest BCUT2D eigenvalue weighted by molar-refractivity contribution is -0.349. The number of rotatable bonds is 10. The van der Waals surface area contributed by atoms with Gasteiger partial charge in [-0.25, -0.2) is 9.59 Å². The molecule has 0 fully saturated rings. The van der Waals surface area contributed by atoms with Crippen LogP contribution in [0.4, 0.5) is 61.5 Å². The number of hydrogen-bond donors (Lipinski definition) is 0. The summed E-state index contributed by atoms with van der Waals surface area (Å²) in [5.41, 5.74) is -2.57. The molecule has 200 valence electrons. The predicted molar refractivity (Wildman–Crippen MR) is 83.1 cm³/mol. The third kappa shape index (κ3) is 6.21. The van der Waals surface area contributed by atoms with Crippen LogP contribution in [0.2, 0.25) is 0 Å². The van der Waals surface area contributed by atoms with Crippen molar-refractivity contribution in [1.82, 2.24) is 0 Å². The van der Waals surface area contributed by atoms with Crippen LogP contribution in [0.15, 0.2) is 0 Å². The van der Waals surface area contributed by atoms with Crippen molar-refractivity contribution in [2.24, 2.45) is 5.41 Å². The number of esters is 2. The van der Waals surface area contributed by atoms with Crippen LogP contribution >= 0.6 is 0 Å². The van der Waals surface area contributed by atoms with Crippen LogP contribution in [-0.2, 0) is 19.1 Å². The molecule has 18 heteroatoms. The van der Waals surface area contributed by atoms with Gasteiger partial charge in [-0.1, -0.05) is 0 Å². The number of carbonyl (C=O) groups is 2. The molecule has 0 unspecified atom stereocenters. The van der Waals surface area contributed by atoms with Gasteiger partial charge in [0.1, 0.15) is 13.2 Å². The lowest BCUT2D eigenvalue weighted by atomic mass is 9.83. The van der Waals surface area contributed by atoms with Gasteiger partial charge < -0.3 is 9.47 Å². The maximum Gasteiger partial charge on any atom is 0.460 e. The molecule has 4 nitrogen and oxygen atoms in total. The average molecular weight is 544 g/mol. The molecule has 0 aromatic heterocycles. The molecule has 0 aliphatic carbocycles. The molecule has 0 N–H and O–H groups in total. The van der Waals surface area contributed by atoms with Gasteiger partial charge in [0, 0.05) is 12.8 Å². The first-order valence-corrected chi connectivity index (χ1v) is 8.24. The highest BCUT2D eigenvalue weighted by Gasteiger charge is 2.78. The van der Waals surface area contributed by atoms with Crippen molar-refractivity contribution in [3.63, 3.8) is 0 Å². The van der Waals surface area contributed by atoms with Crippen LogP contribution in [0, 0.1) is 30.1 Å². The van der Waals surface area contributed by atoms with Gasteiger partial charge in [-0.15, -0.1) is 24.7 Å². The fourth-order valence-electron chi connectivity index (χ4n) is 1.97. The molecule has 0 heterocycles. The van der Waals surface area contributed by atoms with Crippen LogP contribution in [0.3, 0.4) is 0 Å². The third-order valence-corrected chi connectivity index (χ3v) is 3.99. The second kappa shape index (κ2) is 9.98. The van der Waals surface area contributed by atoms with E-state index in [4.69, 9.17) is 12.8 Å². The largest absolute Gasteiger partial charge is 0.460 e. The van der Waals surface area contributed by atoms with Crippen molar-refractivity contribution in [2.45, 2.75) is 48.9 Å². The molecule has 0 saturated carbocycles. The molecule has 0 atom stereocenters. The standard InChI is InChI=1S/C17H10F14O4/c1-3-5-11(6-4-2,7-34-9(32)12(18,19)14(22,23)16(26,27)28)8-35-10(33)13(20,21)15(24,25)17(29,30)31/h1-2H,5-8H2. The van der Waals surface area contributed by atoms with E-state index < -0.39 is 79.5 Å². The fraction of sp³-hybridized carbons (Fsp3) is 0.647. The Bertz CT molecular complexity index is 801. The van der Waals surface area contributed by atoms with Crippen molar-refractivity contribution in [3.8, 4) is 24.7 Å². The van der Waals surface area contributed by atoms with Crippen molar-refractivity contribution < 1.29 is 80.5 Å². The van der Waals surface area contributed by atoms with E-state index in [1.165, 1.54) is 0 Å². The normalized spacial score (nSPS) is 14.1. The molecule has 0 aromatic carbocycles. The van der Waals surface area contributed by atoms with E-state index in [0.29, 0.717) is 0 Å². The summed E-state index contributed by atoms with van der Waals surface area (Å²) < 4.78 is 185. The molecule has 0 spiro atoms. The molecule has 0 bridgehead atoms. The van der Waals surface area contributed by atoms with Gasteiger partial charge in [0.25, 0.3) is 0 Å². The minimum atomic E-state index is -6.98. The molecule has 0 saturated heterocycles. The Morgan fingerprint density at radius 1 is 0.571 bits per heavy atom. The summed E-state index contributed by atoms with van der Waals surface area (Å²) in [7, 11) is 0. The van der Waals surface area contributed by atoms with Gasteiger partial charge in [-0.3, -0.25) is 0 Å². The number of halogens is 14. The number of ether oxygens (including phenoxy) is 2. The molecular weight excluding hydrogens is 534 g/mol. The lowest BCUT2D eigenvalue weighted by Gasteiger charge is -2.32. The van der Waals surface area contributed by atoms with E-state index in [0.717, 1.165) is 0 Å². The summed E-state index contributed by atoms with van der Waals surface area (Å²) in [6.07, 6.45) is -6.40. The minimum Gasteiger partial charge on any atom is -0.460 e. The molecule has 0 aromatic rings. The molecule has 0 amide bonds. The van der Waals surface area contributed by atoms with Crippen molar-refractivity contribution in [2.75, 3.05) is 13.2 Å². The van der Waals surface area contributed by atoms with E-state index in [-0.39, 0.29) is 0 Å². The van der Waals surface area contributed by atoms with Gasteiger partial charge in [0.05, 0.1) is 5.41 Å². The van der Waals surface area contributed by atoms with Gasteiger partial charge in [0.15, 0.2) is 0 Å². The number of carbonyl (C=O) groups excluding carboxylic acids is 2. The topological polar surface area (TPSA) is 52.6 Å². The van der Waals surface area contributed by atoms with Crippen molar-refractivity contribution >= 4 is 11.9 Å². The molecule has 0 aliphatic heterocycles. The third-order valence-electron chi connectivity index (χ3n) is 3.99. The Morgan fingerprint density at radius 3 is 1.03 bits per heavy atom. The smallest absolute Gasteiger partial charge is 0.460 e. The molecule has 0 radical (unpaired) electrons. The zero-order chi connectivity index (χ0) is 28.3. The predicted octanol–water partition coefficient (Wildman–Crippen LogP) is 4.77. The van der Waals surface area contributed by atoms with Crippen LogP contribution in [0.1, 0.15) is 12.8 Å². The zero-order valence-corrected chi connectivity index (χ0v) is 16.4. The lowest BCUT2D eigenvalue weighted by Crippen LogP contribution is -2.57. The highest BCUT2D eigenvalue weighted by atomic mass is 19.4. The Morgan fingerprint density at radius 2 is 0.829 bits per heavy atom. The molecule has 35 heavy (non-hydrogen) atoms. The molecular formula is C17H10F14O4. The summed E-state index contributed by atoms with van der Waals surface area (Å²) in [6.45, 7) is -3.70. The van der Waals surface area contributed by atoms with Gasteiger partial charge >= 0.3 is 48.0 Å². The molecule has 0 aliphatic rings. The second-order valence-electron chi connectivity index (χ2n) is 6.71. The quantitative estimate of drug-likeness (QED) is 0.226. The summed E-state index contributed by atoms with van der Waals surface area (Å²) >= 11 is 0. The minimum absolute atomic E-state index is 1.08. The van der Waals surface area contributed by atoms with E-state index in [1.54, 1.807) is 11.8 Å². The fourth-order valence-corrected chi connectivity index (χ4v) is 1.97. The van der Waals surface area contributed by atoms with Crippen LogP contribution in [0.25, 0.3) is 0 Å². The van der Waals surface area contributed by atoms with E-state index in [1.807, 2.05) is 0 Å². The van der Waals surface area contributed by atoms with E-state index in [9.17, 15) is 71.1 Å². The summed E-state index contributed by atoms with van der Waals surface area (Å²) in [5.74, 6) is -30.9. The Kier molecular flexibility index (Phi) is 9.15. The Balaban J connectivity index is 5.89. The van der Waals surface area contributed by atoms with Crippen molar-refractivity contribution in [3.05, 3.63) is 0 Å². The summed E-state index contributed by atoms with van der Waals surface area (Å²) in [6, 6.07) is 0. The first kappa shape index (κ1) is 32.1. The zero-order valence-electron chi connectivity index (χ0n) is 16.4. The maximum absolute atomic E-state index is 13.4. The first-order valence-electron chi connectivity index (χ1n) is 8.24. The van der Waals surface area contributed by atoms with Gasteiger partial charge in [0.2, 0.25) is 0 Å². The maximum atomic E-state index is 13.4. The van der Waals surface area contributed by atoms with Crippen LogP contribution < -0.4 is 0 Å². The summed E-state index contributed by atoms with van der Waals surface area (Å²) in [5, 5.41) is 0. The van der Waals surface area contributed by atoms with Crippen LogP contribution in [0.5, 0.6) is 0 Å². The average Bonchev–Trinajstić information content (AvgIpc) is 2.68. The summed E-state index contributed by atoms with van der Waals surface area (Å²) in [4.78, 5) is 22.5. The van der Waals surface area contributed by atoms with E-state index in [2.05, 4.69) is 9.47 Å². The Labute approximate surface area is 185 Å². The second-order valence-corrected chi connectivity index (χ2v) is 6.71. The SMILES string of the molecule is C#CCC(CC#C)(COC(=O)C(F)(F)C(F)(F)C(F)(F)F)COC(=O)C(F)(F)C(F)(F)C(F)(F)F. The number of alkyl halides is 14. The Hall–Kier alpha value is -2.92. The van der Waals surface area contributed by atoms with Gasteiger partial charge in [-0.05, 0) is 0 Å². The highest BCUT2D eigenvalue weighted by Crippen LogP contribution is 2.48. The number of hydrogen-bond acceptors (Lipinski definition) is 4. The number of terminal acetylenes is 2. The van der Waals surface area contributed by atoms with E-state index >= 15 is 0 Å². The monoisotopic (exact) mass is 544 g/mol. The highest BCUT2D eigenvalue weighted by molar-refractivity contribution is 5.80. The first-order chi connectivity index (χ1) is 15.4. The van der Waals surface area contributed by atoms with Crippen molar-refractivity contribution in [1.29, 1.82) is 0 Å². The van der Waals surface area contributed by atoms with Gasteiger partial charge in [-0.2, -0.15) is 61.5 Å².